The van der Waals surface area contributed by atoms with E-state index >= 15 is 0 Å². The molecule has 0 amide bonds. The van der Waals surface area contributed by atoms with Gasteiger partial charge in [0.25, 0.3) is 0 Å². The van der Waals surface area contributed by atoms with Gasteiger partial charge in [0.2, 0.25) is 5.95 Å². The van der Waals surface area contributed by atoms with E-state index in [1.165, 1.54) is 6.07 Å². The molecule has 1 saturated heterocycles. The number of fused-ring (bicyclic) bond motifs is 1. The SMILES string of the molecule is Cl.NC[C@@H]1CCN(c2nc(-c3ccccc3F)c3ccccc3n2)C1. The molecule has 2 heterocycles. The van der Waals surface area contributed by atoms with Crippen molar-refractivity contribution in [2.24, 2.45) is 11.7 Å². The fraction of sp³-hybridized carbons (Fsp3) is 0.263. The summed E-state index contributed by atoms with van der Waals surface area (Å²) in [6.45, 7) is 2.41. The molecule has 4 rings (SSSR count). The van der Waals surface area contributed by atoms with Crippen molar-refractivity contribution >= 4 is 29.3 Å². The second-order valence-corrected chi connectivity index (χ2v) is 6.21. The lowest BCUT2D eigenvalue weighted by molar-refractivity contribution is 0.602. The maximum absolute atomic E-state index is 14.3. The average Bonchev–Trinajstić information content (AvgIpc) is 3.10. The van der Waals surface area contributed by atoms with Gasteiger partial charge in [-0.25, -0.2) is 14.4 Å². The van der Waals surface area contributed by atoms with Crippen molar-refractivity contribution in [2.75, 3.05) is 24.5 Å². The molecular formula is C19H20ClFN4. The lowest BCUT2D eigenvalue weighted by Gasteiger charge is -2.18. The van der Waals surface area contributed by atoms with E-state index < -0.39 is 0 Å². The van der Waals surface area contributed by atoms with Crippen molar-refractivity contribution in [1.29, 1.82) is 0 Å². The molecule has 0 radical (unpaired) electrons. The van der Waals surface area contributed by atoms with Crippen LogP contribution in [0.4, 0.5) is 10.3 Å². The van der Waals surface area contributed by atoms with Gasteiger partial charge in [-0.05, 0) is 37.1 Å². The Bertz CT molecular complexity index is 886. The Labute approximate surface area is 152 Å². The molecule has 1 aliphatic rings. The molecule has 130 valence electrons. The van der Waals surface area contributed by atoms with Gasteiger partial charge in [0.15, 0.2) is 0 Å². The Hall–Kier alpha value is -2.24. The Morgan fingerprint density at radius 2 is 1.84 bits per heavy atom. The summed E-state index contributed by atoms with van der Waals surface area (Å²) in [5.41, 5.74) is 7.77. The zero-order valence-electron chi connectivity index (χ0n) is 13.7. The van der Waals surface area contributed by atoms with E-state index in [2.05, 4.69) is 4.90 Å². The van der Waals surface area contributed by atoms with Gasteiger partial charge in [-0.15, -0.1) is 12.4 Å². The van der Waals surface area contributed by atoms with Gasteiger partial charge >= 0.3 is 0 Å². The van der Waals surface area contributed by atoms with E-state index in [9.17, 15) is 4.39 Å². The summed E-state index contributed by atoms with van der Waals surface area (Å²) in [7, 11) is 0. The zero-order chi connectivity index (χ0) is 16.5. The van der Waals surface area contributed by atoms with Crippen LogP contribution in [0, 0.1) is 11.7 Å². The van der Waals surface area contributed by atoms with Crippen LogP contribution in [-0.4, -0.2) is 29.6 Å². The van der Waals surface area contributed by atoms with Crippen LogP contribution in [0.15, 0.2) is 48.5 Å². The molecule has 0 aliphatic carbocycles. The molecule has 0 bridgehead atoms. The van der Waals surface area contributed by atoms with Gasteiger partial charge in [0.05, 0.1) is 11.2 Å². The van der Waals surface area contributed by atoms with Crippen molar-refractivity contribution in [1.82, 2.24) is 9.97 Å². The second-order valence-electron chi connectivity index (χ2n) is 6.21. The van der Waals surface area contributed by atoms with Crippen molar-refractivity contribution in [3.8, 4) is 11.3 Å². The maximum Gasteiger partial charge on any atom is 0.226 e. The highest BCUT2D eigenvalue weighted by molar-refractivity contribution is 5.93. The average molecular weight is 359 g/mol. The zero-order valence-corrected chi connectivity index (χ0v) is 14.5. The number of para-hydroxylation sites is 1. The smallest absolute Gasteiger partial charge is 0.226 e. The normalized spacial score (nSPS) is 16.9. The van der Waals surface area contributed by atoms with Gasteiger partial charge in [-0.2, -0.15) is 0 Å². The largest absolute Gasteiger partial charge is 0.340 e. The molecule has 2 aromatic carbocycles. The van der Waals surface area contributed by atoms with E-state index in [0.29, 0.717) is 29.7 Å². The van der Waals surface area contributed by atoms with Gasteiger partial charge in [-0.1, -0.05) is 30.3 Å². The van der Waals surface area contributed by atoms with Crippen LogP contribution in [0.3, 0.4) is 0 Å². The summed E-state index contributed by atoms with van der Waals surface area (Å²) in [4.78, 5) is 11.6. The molecule has 4 nitrogen and oxygen atoms in total. The van der Waals surface area contributed by atoms with Gasteiger partial charge in [0, 0.05) is 24.0 Å². The Kier molecular flexibility index (Phi) is 5.16. The summed E-state index contributed by atoms with van der Waals surface area (Å²) < 4.78 is 14.3. The van der Waals surface area contributed by atoms with Crippen molar-refractivity contribution in [2.45, 2.75) is 6.42 Å². The maximum atomic E-state index is 14.3. The lowest BCUT2D eigenvalue weighted by Crippen LogP contribution is -2.24. The fourth-order valence-corrected chi connectivity index (χ4v) is 3.27. The van der Waals surface area contributed by atoms with Crippen LogP contribution in [0.5, 0.6) is 0 Å². The van der Waals surface area contributed by atoms with Crippen molar-refractivity contribution in [3.63, 3.8) is 0 Å². The highest BCUT2D eigenvalue weighted by atomic mass is 35.5. The number of nitrogens with two attached hydrogens (primary N) is 1. The van der Waals surface area contributed by atoms with E-state index in [4.69, 9.17) is 15.7 Å². The quantitative estimate of drug-likeness (QED) is 0.776. The van der Waals surface area contributed by atoms with Crippen LogP contribution in [0.2, 0.25) is 0 Å². The van der Waals surface area contributed by atoms with Gasteiger partial charge in [-0.3, -0.25) is 0 Å². The Morgan fingerprint density at radius 1 is 1.08 bits per heavy atom. The Balaban J connectivity index is 0.00000182. The number of aromatic nitrogens is 2. The summed E-state index contributed by atoms with van der Waals surface area (Å²) in [5.74, 6) is 0.855. The number of hydrogen-bond donors (Lipinski definition) is 1. The van der Waals surface area contributed by atoms with E-state index in [1.54, 1.807) is 12.1 Å². The number of benzene rings is 2. The summed E-state index contributed by atoms with van der Waals surface area (Å²) in [6, 6.07) is 14.5. The third kappa shape index (κ3) is 3.30. The van der Waals surface area contributed by atoms with E-state index in [0.717, 1.165) is 30.4 Å². The molecule has 1 fully saturated rings. The van der Waals surface area contributed by atoms with Crippen LogP contribution < -0.4 is 10.6 Å². The summed E-state index contributed by atoms with van der Waals surface area (Å²) >= 11 is 0. The third-order valence-electron chi connectivity index (χ3n) is 4.62. The first-order chi connectivity index (χ1) is 11.8. The minimum atomic E-state index is -0.270. The van der Waals surface area contributed by atoms with E-state index in [1.807, 2.05) is 30.3 Å². The minimum Gasteiger partial charge on any atom is -0.340 e. The van der Waals surface area contributed by atoms with Gasteiger partial charge in [0.1, 0.15) is 5.82 Å². The first-order valence-corrected chi connectivity index (χ1v) is 8.23. The summed E-state index contributed by atoms with van der Waals surface area (Å²) in [5, 5.41) is 0.862. The Morgan fingerprint density at radius 3 is 2.60 bits per heavy atom. The fourth-order valence-electron chi connectivity index (χ4n) is 3.27. The topological polar surface area (TPSA) is 55.0 Å². The van der Waals surface area contributed by atoms with Gasteiger partial charge < -0.3 is 10.6 Å². The highest BCUT2D eigenvalue weighted by Crippen LogP contribution is 2.31. The molecule has 3 aromatic rings. The highest BCUT2D eigenvalue weighted by Gasteiger charge is 2.24. The predicted molar refractivity (Wildman–Crippen MR) is 102 cm³/mol. The van der Waals surface area contributed by atoms with Crippen LogP contribution in [-0.2, 0) is 0 Å². The molecule has 25 heavy (non-hydrogen) atoms. The molecular weight excluding hydrogens is 339 g/mol. The monoisotopic (exact) mass is 358 g/mol. The lowest BCUT2D eigenvalue weighted by atomic mass is 10.1. The number of rotatable bonds is 3. The van der Waals surface area contributed by atoms with Crippen LogP contribution in [0.25, 0.3) is 22.2 Å². The molecule has 0 spiro atoms. The molecule has 1 aromatic heterocycles. The number of hydrogen-bond acceptors (Lipinski definition) is 4. The first kappa shape index (κ1) is 17.6. The van der Waals surface area contributed by atoms with Crippen molar-refractivity contribution in [3.05, 3.63) is 54.3 Å². The number of halogens is 2. The van der Waals surface area contributed by atoms with Crippen molar-refractivity contribution < 1.29 is 4.39 Å². The molecule has 0 saturated carbocycles. The standard InChI is InChI=1S/C19H19FN4.ClH/c20-16-7-3-1-5-14(16)18-15-6-2-4-8-17(15)22-19(23-18)24-10-9-13(11-21)12-24;/h1-8,13H,9-12,21H2;1H/t13-;/m0./s1. The molecule has 6 heteroatoms. The van der Waals surface area contributed by atoms with E-state index in [-0.39, 0.29) is 18.2 Å². The first-order valence-electron chi connectivity index (χ1n) is 8.23. The van der Waals surface area contributed by atoms with Crippen LogP contribution >= 0.6 is 12.4 Å². The number of anilines is 1. The molecule has 1 atom stereocenters. The number of nitrogens with zero attached hydrogens (tertiary/aromatic N) is 3. The molecule has 2 N–H and O–H groups in total. The molecule has 0 unspecified atom stereocenters. The summed E-state index contributed by atoms with van der Waals surface area (Å²) in [6.07, 6.45) is 1.04. The second kappa shape index (κ2) is 7.33. The molecule has 1 aliphatic heterocycles. The third-order valence-corrected chi connectivity index (χ3v) is 4.62. The predicted octanol–water partition coefficient (Wildman–Crippen LogP) is 3.64. The minimum absolute atomic E-state index is 0. The van der Waals surface area contributed by atoms with Crippen LogP contribution in [0.1, 0.15) is 6.42 Å².